The lowest BCUT2D eigenvalue weighted by Gasteiger charge is -2.21. The summed E-state index contributed by atoms with van der Waals surface area (Å²) in [6.45, 7) is 5.05. The standard InChI is InChI=1S/C17H20ClNO4/c1-11-7-8-15(23-11)17(3,21)10-19-16(20)9-22-14-6-4-5-13(18)12(14)2/h4-8,21H,9-10H2,1-3H3,(H,19,20). The first-order valence-corrected chi connectivity index (χ1v) is 7.61. The summed E-state index contributed by atoms with van der Waals surface area (Å²) in [6, 6.07) is 8.71. The number of nitrogens with one attached hydrogen (secondary N) is 1. The number of aryl methyl sites for hydroxylation is 1. The van der Waals surface area contributed by atoms with Crippen LogP contribution in [0.15, 0.2) is 34.7 Å². The van der Waals surface area contributed by atoms with Crippen molar-refractivity contribution in [2.45, 2.75) is 26.4 Å². The van der Waals surface area contributed by atoms with Crippen molar-refractivity contribution in [2.24, 2.45) is 0 Å². The van der Waals surface area contributed by atoms with Crippen LogP contribution in [0.3, 0.4) is 0 Å². The van der Waals surface area contributed by atoms with E-state index in [-0.39, 0.29) is 19.1 Å². The molecular formula is C17H20ClNO4. The lowest BCUT2D eigenvalue weighted by molar-refractivity contribution is -0.124. The molecule has 1 unspecified atom stereocenters. The summed E-state index contributed by atoms with van der Waals surface area (Å²) in [5.41, 5.74) is -0.504. The Hall–Kier alpha value is -1.98. The van der Waals surface area contributed by atoms with Gasteiger partial charge in [-0.3, -0.25) is 4.79 Å². The number of ether oxygens (including phenoxy) is 1. The van der Waals surface area contributed by atoms with Crippen molar-refractivity contribution in [3.8, 4) is 5.75 Å². The molecule has 0 saturated heterocycles. The van der Waals surface area contributed by atoms with Crippen molar-refractivity contribution in [1.29, 1.82) is 0 Å². The molecule has 2 rings (SSSR count). The van der Waals surface area contributed by atoms with Crippen LogP contribution in [0.5, 0.6) is 5.75 Å². The largest absolute Gasteiger partial charge is 0.483 e. The molecule has 2 N–H and O–H groups in total. The molecule has 124 valence electrons. The number of furan rings is 1. The number of hydrogen-bond donors (Lipinski definition) is 2. The molecule has 5 nitrogen and oxygen atoms in total. The molecule has 6 heteroatoms. The number of carbonyl (C=O) groups excluding carboxylic acids is 1. The Morgan fingerprint density at radius 3 is 2.74 bits per heavy atom. The second kappa shape index (κ2) is 7.06. The van der Waals surface area contributed by atoms with E-state index in [2.05, 4.69) is 5.32 Å². The van der Waals surface area contributed by atoms with Crippen LogP contribution >= 0.6 is 11.6 Å². The molecule has 0 aliphatic carbocycles. The summed E-state index contributed by atoms with van der Waals surface area (Å²) in [6.07, 6.45) is 0. The maximum atomic E-state index is 11.9. The SMILES string of the molecule is Cc1ccc(C(C)(O)CNC(=O)COc2cccc(Cl)c2C)o1. The molecular weight excluding hydrogens is 318 g/mol. The van der Waals surface area contributed by atoms with Gasteiger partial charge >= 0.3 is 0 Å². The van der Waals surface area contributed by atoms with Crippen molar-refractivity contribution in [2.75, 3.05) is 13.2 Å². The van der Waals surface area contributed by atoms with E-state index in [9.17, 15) is 9.90 Å². The van der Waals surface area contributed by atoms with E-state index in [1.165, 1.54) is 0 Å². The molecule has 0 radical (unpaired) electrons. The van der Waals surface area contributed by atoms with Gasteiger partial charge in [0.25, 0.3) is 5.91 Å². The molecule has 1 amide bonds. The summed E-state index contributed by atoms with van der Waals surface area (Å²) in [5.74, 6) is 1.32. The molecule has 0 aliphatic heterocycles. The number of hydrogen-bond acceptors (Lipinski definition) is 4. The fourth-order valence-corrected chi connectivity index (χ4v) is 2.19. The van der Waals surface area contributed by atoms with Crippen LogP contribution < -0.4 is 10.1 Å². The van der Waals surface area contributed by atoms with Crippen molar-refractivity contribution in [1.82, 2.24) is 5.32 Å². The van der Waals surface area contributed by atoms with Crippen molar-refractivity contribution >= 4 is 17.5 Å². The molecule has 1 atom stereocenters. The van der Waals surface area contributed by atoms with Crippen LogP contribution in [0.25, 0.3) is 0 Å². The Morgan fingerprint density at radius 2 is 2.09 bits per heavy atom. The lowest BCUT2D eigenvalue weighted by atomic mass is 10.0. The number of carbonyl (C=O) groups is 1. The van der Waals surface area contributed by atoms with Crippen LogP contribution in [-0.4, -0.2) is 24.2 Å². The quantitative estimate of drug-likeness (QED) is 0.850. The number of benzene rings is 1. The van der Waals surface area contributed by atoms with Crippen LogP contribution in [0.1, 0.15) is 24.0 Å². The summed E-state index contributed by atoms with van der Waals surface area (Å²) >= 11 is 6.00. The topological polar surface area (TPSA) is 71.7 Å². The second-order valence-corrected chi connectivity index (χ2v) is 6.02. The van der Waals surface area contributed by atoms with Crippen LogP contribution in [0, 0.1) is 13.8 Å². The molecule has 1 aromatic heterocycles. The zero-order valence-corrected chi connectivity index (χ0v) is 14.1. The summed E-state index contributed by atoms with van der Waals surface area (Å²) in [4.78, 5) is 11.9. The van der Waals surface area contributed by atoms with E-state index >= 15 is 0 Å². The highest BCUT2D eigenvalue weighted by molar-refractivity contribution is 6.31. The van der Waals surface area contributed by atoms with Crippen molar-refractivity contribution in [3.63, 3.8) is 0 Å². The molecule has 0 fully saturated rings. The highest BCUT2D eigenvalue weighted by Gasteiger charge is 2.27. The number of halogens is 1. The van der Waals surface area contributed by atoms with Gasteiger partial charge in [0, 0.05) is 10.6 Å². The Balaban J connectivity index is 1.86. The number of amides is 1. The third-order valence-corrected chi connectivity index (χ3v) is 3.89. The van der Waals surface area contributed by atoms with E-state index in [4.69, 9.17) is 20.8 Å². The highest BCUT2D eigenvalue weighted by atomic mass is 35.5. The summed E-state index contributed by atoms with van der Waals surface area (Å²) in [7, 11) is 0. The van der Waals surface area contributed by atoms with Gasteiger partial charge in [0.2, 0.25) is 0 Å². The summed E-state index contributed by atoms with van der Waals surface area (Å²) in [5, 5.41) is 13.6. The zero-order chi connectivity index (χ0) is 17.0. The monoisotopic (exact) mass is 337 g/mol. The van der Waals surface area contributed by atoms with Gasteiger partial charge in [0.15, 0.2) is 6.61 Å². The first-order valence-electron chi connectivity index (χ1n) is 7.23. The van der Waals surface area contributed by atoms with Gasteiger partial charge in [-0.25, -0.2) is 0 Å². The molecule has 1 heterocycles. The Kier molecular flexibility index (Phi) is 5.34. The Morgan fingerprint density at radius 1 is 1.35 bits per heavy atom. The predicted molar refractivity (Wildman–Crippen MR) is 87.7 cm³/mol. The van der Waals surface area contributed by atoms with E-state index in [1.54, 1.807) is 44.2 Å². The van der Waals surface area contributed by atoms with Gasteiger partial charge in [0.05, 0.1) is 6.54 Å². The van der Waals surface area contributed by atoms with E-state index < -0.39 is 5.60 Å². The molecule has 1 aromatic carbocycles. The van der Waals surface area contributed by atoms with Crippen LogP contribution in [-0.2, 0) is 10.4 Å². The van der Waals surface area contributed by atoms with E-state index in [1.807, 2.05) is 6.92 Å². The minimum Gasteiger partial charge on any atom is -0.483 e. The molecule has 23 heavy (non-hydrogen) atoms. The zero-order valence-electron chi connectivity index (χ0n) is 13.4. The molecule has 2 aromatic rings. The van der Waals surface area contributed by atoms with Gasteiger partial charge in [-0.2, -0.15) is 0 Å². The maximum Gasteiger partial charge on any atom is 0.258 e. The van der Waals surface area contributed by atoms with Gasteiger partial charge in [-0.05, 0) is 45.0 Å². The van der Waals surface area contributed by atoms with Crippen molar-refractivity contribution < 1.29 is 19.1 Å². The van der Waals surface area contributed by atoms with Gasteiger partial charge in [0.1, 0.15) is 22.9 Å². The second-order valence-electron chi connectivity index (χ2n) is 5.61. The summed E-state index contributed by atoms with van der Waals surface area (Å²) < 4.78 is 10.8. The first kappa shape index (κ1) is 17.4. The smallest absolute Gasteiger partial charge is 0.258 e. The Labute approximate surface area is 140 Å². The van der Waals surface area contributed by atoms with Crippen LogP contribution in [0.4, 0.5) is 0 Å². The predicted octanol–water partition coefficient (Wildman–Crippen LogP) is 2.95. The molecule has 0 aliphatic rings. The van der Waals surface area contributed by atoms with E-state index in [0.717, 1.165) is 5.56 Å². The van der Waals surface area contributed by atoms with Gasteiger partial charge in [-0.15, -0.1) is 0 Å². The first-order chi connectivity index (χ1) is 10.8. The van der Waals surface area contributed by atoms with Crippen molar-refractivity contribution in [3.05, 3.63) is 52.4 Å². The van der Waals surface area contributed by atoms with Crippen LogP contribution in [0.2, 0.25) is 5.02 Å². The van der Waals surface area contributed by atoms with Gasteiger partial charge in [-0.1, -0.05) is 17.7 Å². The normalized spacial score (nSPS) is 13.4. The fourth-order valence-electron chi connectivity index (χ4n) is 2.02. The number of rotatable bonds is 6. The molecule has 0 saturated carbocycles. The average Bonchev–Trinajstić information content (AvgIpc) is 2.94. The number of aliphatic hydroxyl groups is 1. The maximum absolute atomic E-state index is 11.9. The van der Waals surface area contributed by atoms with E-state index in [0.29, 0.717) is 22.3 Å². The fraction of sp³-hybridized carbons (Fsp3) is 0.353. The average molecular weight is 338 g/mol. The lowest BCUT2D eigenvalue weighted by Crippen LogP contribution is -2.40. The highest BCUT2D eigenvalue weighted by Crippen LogP contribution is 2.25. The molecule has 0 bridgehead atoms. The third-order valence-electron chi connectivity index (χ3n) is 3.48. The van der Waals surface area contributed by atoms with Gasteiger partial charge < -0.3 is 19.6 Å². The minimum atomic E-state index is -1.28. The third kappa shape index (κ3) is 4.50. The molecule has 0 spiro atoms. The Bertz CT molecular complexity index is 694. The minimum absolute atomic E-state index is 0.0245.